The Morgan fingerprint density at radius 3 is 1.82 bits per heavy atom. The molecule has 1 N–H and O–H groups in total. The average Bonchev–Trinajstić information content (AvgIpc) is 2.26. The Bertz CT molecular complexity index is 196. The van der Waals surface area contributed by atoms with Gasteiger partial charge in [0.25, 0.3) is 0 Å². The number of aliphatic hydroxyl groups excluding tert-OH is 1. The summed E-state index contributed by atoms with van der Waals surface area (Å²) in [4.78, 5) is 0. The topological polar surface area (TPSA) is 23.5 Å². The molecule has 0 spiro atoms. The Hall–Kier alpha value is 1.17. The summed E-state index contributed by atoms with van der Waals surface area (Å²) in [5.41, 5.74) is 0. The van der Waals surface area contributed by atoms with Crippen LogP contribution < -0.4 is 43.0 Å². The van der Waals surface area contributed by atoms with Gasteiger partial charge < -0.3 is 0 Å². The van der Waals surface area contributed by atoms with E-state index in [4.69, 9.17) is 0 Å². The van der Waals surface area contributed by atoms with Crippen molar-refractivity contribution in [2.24, 2.45) is 0 Å². The summed E-state index contributed by atoms with van der Waals surface area (Å²) in [6.07, 6.45) is -4.68. The molecule has 0 aliphatic rings. The molecule has 0 aliphatic carbocycles. The molecule has 0 rings (SSSR count). The van der Waals surface area contributed by atoms with E-state index in [-0.39, 0.29) is 43.0 Å². The first kappa shape index (κ1) is 18.2. The first-order valence-electron chi connectivity index (χ1n) is 5.57. The van der Waals surface area contributed by atoms with E-state index in [1.807, 2.05) is 15.2 Å². The van der Waals surface area contributed by atoms with Gasteiger partial charge in [0.05, 0.1) is 0 Å². The third-order valence-electron chi connectivity index (χ3n) is 1.88. The summed E-state index contributed by atoms with van der Waals surface area (Å²) >= 11 is -0.707. The first-order chi connectivity index (χ1) is 7.84. The van der Waals surface area contributed by atoms with Crippen molar-refractivity contribution >= 4 is 0 Å². The van der Waals surface area contributed by atoms with Crippen molar-refractivity contribution in [1.82, 2.24) is 1.33 Å². The maximum atomic E-state index is 12.5. The van der Waals surface area contributed by atoms with Gasteiger partial charge in [-0.05, 0) is 0 Å². The fraction of sp³-hybridized carbons (Fsp3) is 1.00. The molecule has 0 aromatic heterocycles. The van der Waals surface area contributed by atoms with Crippen molar-refractivity contribution in [2.75, 3.05) is 8.86 Å². The Kier molecular flexibility index (Phi) is 9.76. The number of rotatable bonds is 8. The summed E-state index contributed by atoms with van der Waals surface area (Å²) in [6, 6.07) is -0.770. The second-order valence-electron chi connectivity index (χ2n) is 3.60. The molecule has 17 heavy (non-hydrogen) atoms. The number of halogens is 5. The van der Waals surface area contributed by atoms with Gasteiger partial charge in [0.2, 0.25) is 0 Å². The third kappa shape index (κ3) is 7.36. The molecule has 0 saturated carbocycles. The van der Waals surface area contributed by atoms with Gasteiger partial charge >= 0.3 is 123 Å². The molecule has 0 radical (unpaired) electrons. The van der Waals surface area contributed by atoms with Gasteiger partial charge in [0, 0.05) is 0 Å². The van der Waals surface area contributed by atoms with E-state index in [1.54, 1.807) is 0 Å². The molecule has 0 saturated heterocycles. The van der Waals surface area contributed by atoms with Gasteiger partial charge in [-0.3, -0.25) is 0 Å². The zero-order valence-corrected chi connectivity index (χ0v) is 14.6. The number of aliphatic hydroxyl groups is 1. The maximum absolute atomic E-state index is 12.5. The quantitative estimate of drug-likeness (QED) is 0.221. The first-order valence-corrected chi connectivity index (χ1v) is 10.6. The van der Waals surface area contributed by atoms with Crippen LogP contribution in [0.1, 0.15) is 33.6 Å². The zero-order valence-electron chi connectivity index (χ0n) is 10.3. The number of hydrogen-bond acceptors (Lipinski definition) is 2. The van der Waals surface area contributed by atoms with Crippen molar-refractivity contribution in [3.63, 3.8) is 0 Å². The standard InChI is InChI=1S/C10H20F3I2NO/c1-4-6-14-16(15-7-5-2)8(3)9(17)10(11,12)13/h8-9,17H,4-7H2,1-3H3/q-2. The minimum atomic E-state index is -4.50. The van der Waals surface area contributed by atoms with Crippen LogP contribution >= 0.6 is 0 Å². The van der Waals surface area contributed by atoms with Crippen molar-refractivity contribution in [3.05, 3.63) is 0 Å². The van der Waals surface area contributed by atoms with E-state index in [9.17, 15) is 18.3 Å². The Labute approximate surface area is 123 Å². The van der Waals surface area contributed by atoms with Crippen LogP contribution in [-0.2, 0) is 0 Å². The molecular formula is C10H20F3I2NO-2. The monoisotopic (exact) mass is 481 g/mol. The molecule has 0 amide bonds. The Balaban J connectivity index is 4.43. The molecule has 108 valence electrons. The molecule has 0 heterocycles. The van der Waals surface area contributed by atoms with Crippen molar-refractivity contribution in [1.29, 1.82) is 0 Å². The van der Waals surface area contributed by atoms with Gasteiger partial charge in [-0.2, -0.15) is 0 Å². The normalized spacial score (nSPS) is 16.7. The van der Waals surface area contributed by atoms with Crippen molar-refractivity contribution < 1.29 is 61.2 Å². The molecule has 0 fully saturated rings. The van der Waals surface area contributed by atoms with E-state index < -0.39 is 18.3 Å². The Morgan fingerprint density at radius 1 is 1.12 bits per heavy atom. The predicted molar refractivity (Wildman–Crippen MR) is 53.7 cm³/mol. The van der Waals surface area contributed by atoms with Crippen LogP contribution in [0.2, 0.25) is 0 Å². The van der Waals surface area contributed by atoms with Gasteiger partial charge in [-0.15, -0.1) is 0 Å². The van der Waals surface area contributed by atoms with Gasteiger partial charge in [-0.1, -0.05) is 0 Å². The predicted octanol–water partition coefficient (Wildman–Crippen LogP) is -3.57. The fourth-order valence-corrected chi connectivity index (χ4v) is 8.55. The molecule has 0 aromatic carbocycles. The van der Waals surface area contributed by atoms with E-state index in [0.29, 0.717) is 0 Å². The zero-order chi connectivity index (χ0) is 13.5. The molecule has 7 heteroatoms. The third-order valence-corrected chi connectivity index (χ3v) is 11.5. The summed E-state index contributed by atoms with van der Waals surface area (Å²) in [7, 11) is 0. The van der Waals surface area contributed by atoms with Crippen LogP contribution in [0.4, 0.5) is 13.2 Å². The molecule has 0 aliphatic heterocycles. The number of hydrogen-bond donors (Lipinski definition) is 1. The van der Waals surface area contributed by atoms with E-state index in [1.165, 1.54) is 6.92 Å². The summed E-state index contributed by atoms with van der Waals surface area (Å²) < 4.78 is 41.3. The van der Waals surface area contributed by atoms with Crippen LogP contribution in [0.3, 0.4) is 0 Å². The number of nitrogens with zero attached hydrogens (tertiary/aromatic N) is 1. The van der Waals surface area contributed by atoms with Crippen LogP contribution in [-0.4, -0.2) is 33.6 Å². The Morgan fingerprint density at radius 2 is 1.53 bits per heavy atom. The van der Waals surface area contributed by atoms with Crippen LogP contribution in [0, 0.1) is 0 Å². The summed E-state index contributed by atoms with van der Waals surface area (Å²) in [5.74, 6) is 0. The second-order valence-corrected chi connectivity index (χ2v) is 11.1. The minimum absolute atomic E-state index is 0.354. The van der Waals surface area contributed by atoms with E-state index >= 15 is 0 Å². The molecule has 2 atom stereocenters. The number of alkyl halides is 5. The van der Waals surface area contributed by atoms with Crippen LogP contribution in [0.15, 0.2) is 0 Å². The van der Waals surface area contributed by atoms with Crippen molar-refractivity contribution in [2.45, 2.75) is 51.9 Å². The van der Waals surface area contributed by atoms with E-state index in [2.05, 4.69) is 0 Å². The van der Waals surface area contributed by atoms with Gasteiger partial charge in [0.1, 0.15) is 0 Å². The summed E-state index contributed by atoms with van der Waals surface area (Å²) in [5, 5.41) is 9.29. The molecular weight excluding hydrogens is 461 g/mol. The fourth-order valence-electron chi connectivity index (χ4n) is 0.960. The average molecular weight is 481 g/mol. The molecule has 2 unspecified atom stereocenters. The van der Waals surface area contributed by atoms with Crippen LogP contribution in [0.5, 0.6) is 0 Å². The molecule has 2 nitrogen and oxygen atoms in total. The van der Waals surface area contributed by atoms with Crippen molar-refractivity contribution in [3.8, 4) is 0 Å². The second kappa shape index (κ2) is 9.13. The van der Waals surface area contributed by atoms with Crippen LogP contribution in [0.25, 0.3) is 0 Å². The summed E-state index contributed by atoms with van der Waals surface area (Å²) in [6.45, 7) is 5.59. The molecule has 0 bridgehead atoms. The van der Waals surface area contributed by atoms with Gasteiger partial charge in [0.15, 0.2) is 0 Å². The van der Waals surface area contributed by atoms with Gasteiger partial charge in [-0.25, -0.2) is 0 Å². The SMILES string of the molecule is CCC[I-]N([I-]CCC)C(C)C(O)C(F)(F)F. The van der Waals surface area contributed by atoms with E-state index in [0.717, 1.165) is 21.7 Å². The molecule has 0 aromatic rings.